The number of carboxylic acid groups (broad SMARTS) is 1. The average Bonchev–Trinajstić information content (AvgIpc) is 3.38. The van der Waals surface area contributed by atoms with Gasteiger partial charge in [-0.05, 0) is 65.7 Å². The fraction of sp³-hybridized carbons (Fsp3) is 0.0938. The van der Waals surface area contributed by atoms with Crippen molar-refractivity contribution in [3.63, 3.8) is 0 Å². The van der Waals surface area contributed by atoms with Crippen molar-refractivity contribution >= 4 is 26.9 Å². The number of rotatable bonds is 9. The number of para-hydroxylation sites is 1. The van der Waals surface area contributed by atoms with Crippen LogP contribution in [0.25, 0.3) is 10.9 Å². The van der Waals surface area contributed by atoms with Crippen LogP contribution in [0.5, 0.6) is 5.75 Å². The lowest BCUT2D eigenvalue weighted by atomic mass is 10.1. The van der Waals surface area contributed by atoms with Crippen LogP contribution in [-0.2, 0) is 27.8 Å². The Labute approximate surface area is 232 Å². The summed E-state index contributed by atoms with van der Waals surface area (Å²) in [6.07, 6.45) is 1.70. The molecule has 0 fully saturated rings. The van der Waals surface area contributed by atoms with Crippen LogP contribution in [0, 0.1) is 11.8 Å². The van der Waals surface area contributed by atoms with E-state index >= 15 is 0 Å². The molecule has 40 heavy (non-hydrogen) atoms. The minimum Gasteiger partial charge on any atom is -0.489 e. The van der Waals surface area contributed by atoms with Gasteiger partial charge in [-0.1, -0.05) is 60.4 Å². The summed E-state index contributed by atoms with van der Waals surface area (Å²) in [5, 5.41) is 10.6. The van der Waals surface area contributed by atoms with Gasteiger partial charge in [0.2, 0.25) is 10.0 Å². The van der Waals surface area contributed by atoms with Crippen molar-refractivity contribution < 1.29 is 23.1 Å². The molecule has 1 aromatic heterocycles. The number of aliphatic carboxylic acids is 1. The topological polar surface area (TPSA) is 108 Å². The first kappa shape index (κ1) is 26.8. The Morgan fingerprint density at radius 2 is 1.48 bits per heavy atom. The van der Waals surface area contributed by atoms with Crippen LogP contribution >= 0.6 is 0 Å². The number of hydrogen-bond donors (Lipinski definition) is 3. The number of fused-ring (bicyclic) bond motifs is 1. The van der Waals surface area contributed by atoms with Crippen LogP contribution in [-0.4, -0.2) is 30.5 Å². The van der Waals surface area contributed by atoms with E-state index in [0.29, 0.717) is 17.7 Å². The molecule has 5 aromatic rings. The Morgan fingerprint density at radius 3 is 2.15 bits per heavy atom. The lowest BCUT2D eigenvalue weighted by molar-refractivity contribution is -0.138. The van der Waals surface area contributed by atoms with Gasteiger partial charge in [-0.2, -0.15) is 4.72 Å². The predicted molar refractivity (Wildman–Crippen MR) is 153 cm³/mol. The number of carbonyl (C=O) groups is 1. The van der Waals surface area contributed by atoms with E-state index in [9.17, 15) is 18.3 Å². The van der Waals surface area contributed by atoms with Gasteiger partial charge < -0.3 is 14.8 Å². The summed E-state index contributed by atoms with van der Waals surface area (Å²) in [7, 11) is -4.08. The number of aromatic amines is 1. The highest BCUT2D eigenvalue weighted by Gasteiger charge is 2.26. The van der Waals surface area contributed by atoms with E-state index in [2.05, 4.69) is 21.5 Å². The Morgan fingerprint density at radius 1 is 0.850 bits per heavy atom. The van der Waals surface area contributed by atoms with Crippen molar-refractivity contribution in [1.82, 2.24) is 9.71 Å². The minimum absolute atomic E-state index is 0.00176. The highest BCUT2D eigenvalue weighted by molar-refractivity contribution is 7.89. The molecule has 0 aliphatic rings. The van der Waals surface area contributed by atoms with Crippen LogP contribution in [0.1, 0.15) is 22.3 Å². The Hall–Kier alpha value is -4.84. The normalized spacial score (nSPS) is 11.9. The van der Waals surface area contributed by atoms with Crippen LogP contribution in [0.3, 0.4) is 0 Å². The molecule has 0 spiro atoms. The summed E-state index contributed by atoms with van der Waals surface area (Å²) in [5.41, 5.74) is 4.06. The number of H-pyrrole nitrogens is 1. The van der Waals surface area contributed by atoms with Gasteiger partial charge in [0.15, 0.2) is 0 Å². The molecule has 8 heteroatoms. The summed E-state index contributed by atoms with van der Waals surface area (Å²) in [6, 6.07) is 29.5. The molecule has 5 rings (SSSR count). The first-order valence-electron chi connectivity index (χ1n) is 12.6. The molecular weight excluding hydrogens is 524 g/mol. The van der Waals surface area contributed by atoms with E-state index in [4.69, 9.17) is 4.74 Å². The highest BCUT2D eigenvalue weighted by Crippen LogP contribution is 2.20. The zero-order chi connectivity index (χ0) is 28.0. The molecule has 3 N–H and O–H groups in total. The maximum absolute atomic E-state index is 13.0. The lowest BCUT2D eigenvalue weighted by Crippen LogP contribution is -2.42. The first-order valence-corrected chi connectivity index (χ1v) is 14.0. The number of aromatic nitrogens is 1. The second kappa shape index (κ2) is 11.9. The molecule has 0 bridgehead atoms. The van der Waals surface area contributed by atoms with Crippen molar-refractivity contribution in [2.75, 3.05) is 0 Å². The van der Waals surface area contributed by atoms with Crippen molar-refractivity contribution in [1.29, 1.82) is 0 Å². The van der Waals surface area contributed by atoms with Gasteiger partial charge in [-0.15, -0.1) is 0 Å². The maximum Gasteiger partial charge on any atom is 0.322 e. The summed E-state index contributed by atoms with van der Waals surface area (Å²) in [5.74, 6) is 5.55. The molecule has 200 valence electrons. The van der Waals surface area contributed by atoms with Crippen LogP contribution in [0.4, 0.5) is 0 Å². The van der Waals surface area contributed by atoms with Crippen LogP contribution in [0.2, 0.25) is 0 Å². The van der Waals surface area contributed by atoms with E-state index < -0.39 is 22.0 Å². The third-order valence-electron chi connectivity index (χ3n) is 6.31. The monoisotopic (exact) mass is 550 g/mol. The average molecular weight is 551 g/mol. The zero-order valence-electron chi connectivity index (χ0n) is 21.4. The van der Waals surface area contributed by atoms with Gasteiger partial charge in [-0.3, -0.25) is 4.79 Å². The van der Waals surface area contributed by atoms with E-state index in [1.54, 1.807) is 18.3 Å². The number of carboxylic acids is 1. The van der Waals surface area contributed by atoms with Crippen molar-refractivity contribution in [2.45, 2.75) is 24.0 Å². The summed E-state index contributed by atoms with van der Waals surface area (Å²) >= 11 is 0. The Balaban J connectivity index is 1.22. The maximum atomic E-state index is 13.0. The molecular formula is C32H26N2O5S. The molecule has 0 aliphatic heterocycles. The zero-order valence-corrected chi connectivity index (χ0v) is 22.2. The highest BCUT2D eigenvalue weighted by atomic mass is 32.2. The number of ether oxygens (including phenoxy) is 1. The predicted octanol–water partition coefficient (Wildman–Crippen LogP) is 5.12. The summed E-state index contributed by atoms with van der Waals surface area (Å²) in [6.45, 7) is 0.478. The fourth-order valence-electron chi connectivity index (χ4n) is 4.19. The summed E-state index contributed by atoms with van der Waals surface area (Å²) < 4.78 is 34.1. The molecule has 0 saturated heterocycles. The number of sulfonamides is 1. The van der Waals surface area contributed by atoms with E-state index in [0.717, 1.165) is 27.8 Å². The van der Waals surface area contributed by atoms with Gasteiger partial charge in [0, 0.05) is 34.6 Å². The van der Waals surface area contributed by atoms with E-state index in [1.807, 2.05) is 78.9 Å². The number of benzene rings is 4. The lowest BCUT2D eigenvalue weighted by Gasteiger charge is -2.14. The van der Waals surface area contributed by atoms with Gasteiger partial charge >= 0.3 is 5.97 Å². The first-order chi connectivity index (χ1) is 19.4. The van der Waals surface area contributed by atoms with Crippen molar-refractivity contribution in [3.8, 4) is 17.6 Å². The smallest absolute Gasteiger partial charge is 0.322 e. The largest absolute Gasteiger partial charge is 0.489 e. The van der Waals surface area contributed by atoms with Gasteiger partial charge in [-0.25, -0.2) is 8.42 Å². The standard InChI is InChI=1S/C32H26N2O5S/c35-32(36)31(20-26-21-33-30-9-5-4-8-29(26)30)34-40(37,38)28-18-14-24(15-19-28)11-10-23-12-16-27(17-13-23)39-22-25-6-2-1-3-7-25/h1-9,12-19,21,31,33-34H,20,22H2,(H,35,36)/t31-/m1/s1. The third kappa shape index (κ3) is 6.59. The second-order valence-electron chi connectivity index (χ2n) is 9.15. The third-order valence-corrected chi connectivity index (χ3v) is 7.80. The molecule has 0 amide bonds. The molecule has 0 saturated carbocycles. The van der Waals surface area contributed by atoms with E-state index in [-0.39, 0.29) is 11.3 Å². The van der Waals surface area contributed by atoms with Crippen LogP contribution < -0.4 is 9.46 Å². The molecule has 4 aromatic carbocycles. The second-order valence-corrected chi connectivity index (χ2v) is 10.9. The quantitative estimate of drug-likeness (QED) is 0.221. The molecule has 0 aliphatic carbocycles. The fourth-order valence-corrected chi connectivity index (χ4v) is 5.38. The van der Waals surface area contributed by atoms with Crippen molar-refractivity contribution in [3.05, 3.63) is 132 Å². The van der Waals surface area contributed by atoms with Gasteiger partial charge in [0.25, 0.3) is 0 Å². The van der Waals surface area contributed by atoms with Gasteiger partial charge in [0.05, 0.1) is 4.90 Å². The SMILES string of the molecule is O=C(O)[C@@H](Cc1c[nH]c2ccccc12)NS(=O)(=O)c1ccc(C#Cc2ccc(OCc3ccccc3)cc2)cc1. The molecule has 7 nitrogen and oxygen atoms in total. The van der Waals surface area contributed by atoms with E-state index in [1.165, 1.54) is 12.1 Å². The van der Waals surface area contributed by atoms with Gasteiger partial charge in [0.1, 0.15) is 18.4 Å². The molecule has 0 unspecified atom stereocenters. The number of hydrogen-bond acceptors (Lipinski definition) is 4. The Bertz CT molecular complexity index is 1780. The molecule has 0 radical (unpaired) electrons. The molecule has 1 atom stereocenters. The number of nitrogens with one attached hydrogen (secondary N) is 2. The van der Waals surface area contributed by atoms with Crippen LogP contribution in [0.15, 0.2) is 114 Å². The van der Waals surface area contributed by atoms with Crippen molar-refractivity contribution in [2.24, 2.45) is 0 Å². The molecule has 1 heterocycles. The summed E-state index contributed by atoms with van der Waals surface area (Å²) in [4.78, 5) is 14.9. The minimum atomic E-state index is -4.08. The Kier molecular flexibility index (Phi) is 7.97.